The van der Waals surface area contributed by atoms with Gasteiger partial charge < -0.3 is 0 Å². The van der Waals surface area contributed by atoms with Crippen LogP contribution in [0.25, 0.3) is 0 Å². The smallest absolute Gasteiger partial charge is 0.0972 e. The van der Waals surface area contributed by atoms with E-state index in [-0.39, 0.29) is 0 Å². The predicted octanol–water partition coefficient (Wildman–Crippen LogP) is 6.54. The lowest BCUT2D eigenvalue weighted by Gasteiger charge is -2.50. The lowest BCUT2D eigenvalue weighted by molar-refractivity contribution is 0.103. The molecule has 33 heavy (non-hydrogen) atoms. The van der Waals surface area contributed by atoms with Crippen LogP contribution in [0.15, 0.2) is 121 Å². The molecule has 0 amide bonds. The van der Waals surface area contributed by atoms with Crippen LogP contribution in [0.4, 0.5) is 0 Å². The van der Waals surface area contributed by atoms with Crippen molar-refractivity contribution in [2.45, 2.75) is 23.8 Å². The van der Waals surface area contributed by atoms with Crippen molar-refractivity contribution < 1.29 is 0 Å². The molecular weight excluding hydrogens is 400 g/mol. The normalized spacial score (nSPS) is 16.1. The Morgan fingerprint density at radius 2 is 0.939 bits per heavy atom. The largest absolute Gasteiger partial charge is 0.286 e. The van der Waals surface area contributed by atoms with Gasteiger partial charge in [0.1, 0.15) is 0 Å². The standard InChI is InChI=1S/C31H28N2/c32-25-30(26-13-5-1-6-14-26)21-23-33(24-22-30)31(27-15-7-2-8-16-27,28-17-9-3-10-18-28)29-19-11-4-12-20-29/h1-20H,21-24H2. The molecule has 0 aromatic heterocycles. The van der Waals surface area contributed by atoms with Gasteiger partial charge in [0.25, 0.3) is 0 Å². The number of rotatable bonds is 5. The molecule has 1 fully saturated rings. The first-order chi connectivity index (χ1) is 16.3. The molecule has 0 atom stereocenters. The van der Waals surface area contributed by atoms with E-state index in [1.54, 1.807) is 0 Å². The quantitative estimate of drug-likeness (QED) is 0.338. The van der Waals surface area contributed by atoms with Crippen molar-refractivity contribution >= 4 is 0 Å². The highest BCUT2D eigenvalue weighted by Gasteiger charge is 2.46. The fourth-order valence-electron chi connectivity index (χ4n) is 5.53. The second-order valence-corrected chi connectivity index (χ2v) is 8.86. The van der Waals surface area contributed by atoms with Crippen LogP contribution in [0.5, 0.6) is 0 Å². The summed E-state index contributed by atoms with van der Waals surface area (Å²) in [4.78, 5) is 2.59. The Hall–Kier alpha value is -3.67. The zero-order valence-electron chi connectivity index (χ0n) is 18.8. The fraction of sp³-hybridized carbons (Fsp3) is 0.194. The van der Waals surface area contributed by atoms with Crippen molar-refractivity contribution in [1.29, 1.82) is 5.26 Å². The summed E-state index contributed by atoms with van der Waals surface area (Å²) in [6, 6.07) is 45.5. The van der Waals surface area contributed by atoms with Crippen LogP contribution in [0, 0.1) is 11.3 Å². The van der Waals surface area contributed by atoms with E-state index in [1.165, 1.54) is 16.7 Å². The zero-order valence-corrected chi connectivity index (χ0v) is 18.8. The van der Waals surface area contributed by atoms with Gasteiger partial charge in [0, 0.05) is 13.1 Å². The minimum Gasteiger partial charge on any atom is -0.286 e. The van der Waals surface area contributed by atoms with Crippen molar-refractivity contribution in [2.24, 2.45) is 0 Å². The Kier molecular flexibility index (Phi) is 5.82. The molecular formula is C31H28N2. The lowest BCUT2D eigenvalue weighted by Crippen LogP contribution is -2.54. The Balaban J connectivity index is 1.64. The van der Waals surface area contributed by atoms with E-state index in [9.17, 15) is 5.26 Å². The van der Waals surface area contributed by atoms with Crippen LogP contribution >= 0.6 is 0 Å². The molecule has 0 radical (unpaired) electrons. The van der Waals surface area contributed by atoms with E-state index < -0.39 is 11.0 Å². The van der Waals surface area contributed by atoms with E-state index in [1.807, 2.05) is 18.2 Å². The maximum atomic E-state index is 10.3. The van der Waals surface area contributed by atoms with Crippen molar-refractivity contribution in [1.82, 2.24) is 4.90 Å². The molecule has 0 aliphatic carbocycles. The average Bonchev–Trinajstić information content (AvgIpc) is 2.92. The van der Waals surface area contributed by atoms with Gasteiger partial charge in [-0.1, -0.05) is 121 Å². The first-order valence-electron chi connectivity index (χ1n) is 11.7. The minimum atomic E-state index is -0.437. The van der Waals surface area contributed by atoms with Gasteiger partial charge in [-0.15, -0.1) is 0 Å². The number of nitriles is 1. The summed E-state index contributed by atoms with van der Waals surface area (Å²) in [6.45, 7) is 1.67. The molecule has 0 unspecified atom stereocenters. The molecule has 0 N–H and O–H groups in total. The number of piperidine rings is 1. The SMILES string of the molecule is N#CC1(c2ccccc2)CCN(C(c2ccccc2)(c2ccccc2)c2ccccc2)CC1. The molecule has 2 nitrogen and oxygen atoms in total. The number of nitrogens with zero attached hydrogens (tertiary/aromatic N) is 2. The third-order valence-electron chi connectivity index (χ3n) is 7.21. The fourth-order valence-corrected chi connectivity index (χ4v) is 5.53. The van der Waals surface area contributed by atoms with Crippen molar-refractivity contribution in [3.05, 3.63) is 144 Å². The second kappa shape index (κ2) is 9.06. The number of likely N-dealkylation sites (tertiary alicyclic amines) is 1. The first-order valence-corrected chi connectivity index (χ1v) is 11.7. The number of hydrogen-bond acceptors (Lipinski definition) is 2. The summed E-state index contributed by atoms with van der Waals surface area (Å²) in [5.41, 5.74) is 4.05. The highest BCUT2D eigenvalue weighted by Crippen LogP contribution is 2.46. The van der Waals surface area contributed by atoms with E-state index in [0.717, 1.165) is 31.5 Å². The molecule has 1 aliphatic rings. The van der Waals surface area contributed by atoms with Crippen LogP contribution in [0.2, 0.25) is 0 Å². The van der Waals surface area contributed by atoms with Gasteiger partial charge >= 0.3 is 0 Å². The summed E-state index contributed by atoms with van der Waals surface area (Å²) in [5, 5.41) is 10.3. The van der Waals surface area contributed by atoms with E-state index in [4.69, 9.17) is 0 Å². The molecule has 0 saturated carbocycles. The molecule has 0 bridgehead atoms. The lowest BCUT2D eigenvalue weighted by atomic mass is 9.70. The van der Waals surface area contributed by atoms with E-state index in [0.29, 0.717) is 0 Å². The van der Waals surface area contributed by atoms with Crippen molar-refractivity contribution in [3.63, 3.8) is 0 Å². The van der Waals surface area contributed by atoms with Crippen LogP contribution in [-0.2, 0) is 11.0 Å². The molecule has 162 valence electrons. The summed E-state index contributed by atoms with van der Waals surface area (Å²) < 4.78 is 0. The molecule has 2 heteroatoms. The van der Waals surface area contributed by atoms with Crippen LogP contribution in [0.1, 0.15) is 35.1 Å². The summed E-state index contributed by atoms with van der Waals surface area (Å²) in [5.74, 6) is 0. The number of benzene rings is 4. The maximum absolute atomic E-state index is 10.3. The summed E-state index contributed by atoms with van der Waals surface area (Å²) in [7, 11) is 0. The Morgan fingerprint density at radius 3 is 1.30 bits per heavy atom. The topological polar surface area (TPSA) is 27.0 Å². The molecule has 5 rings (SSSR count). The molecule has 4 aromatic carbocycles. The third kappa shape index (κ3) is 3.65. The van der Waals surface area contributed by atoms with Crippen LogP contribution < -0.4 is 0 Å². The predicted molar refractivity (Wildman–Crippen MR) is 134 cm³/mol. The van der Waals surface area contributed by atoms with Gasteiger partial charge in [-0.25, -0.2) is 0 Å². The molecule has 1 saturated heterocycles. The molecule has 0 spiro atoms. The maximum Gasteiger partial charge on any atom is 0.0972 e. The Morgan fingerprint density at radius 1 is 0.576 bits per heavy atom. The Labute approximate surface area is 196 Å². The van der Waals surface area contributed by atoms with E-state index in [2.05, 4.69) is 114 Å². The van der Waals surface area contributed by atoms with Crippen molar-refractivity contribution in [2.75, 3.05) is 13.1 Å². The van der Waals surface area contributed by atoms with E-state index >= 15 is 0 Å². The highest BCUT2D eigenvalue weighted by molar-refractivity contribution is 5.50. The van der Waals surface area contributed by atoms with Gasteiger partial charge in [0.05, 0.1) is 17.0 Å². The van der Waals surface area contributed by atoms with Gasteiger partial charge in [-0.05, 0) is 35.1 Å². The number of hydrogen-bond donors (Lipinski definition) is 0. The van der Waals surface area contributed by atoms with Crippen LogP contribution in [0.3, 0.4) is 0 Å². The molecule has 4 aromatic rings. The van der Waals surface area contributed by atoms with Crippen molar-refractivity contribution in [3.8, 4) is 6.07 Å². The third-order valence-corrected chi connectivity index (χ3v) is 7.21. The second-order valence-electron chi connectivity index (χ2n) is 8.86. The van der Waals surface area contributed by atoms with Gasteiger partial charge in [-0.3, -0.25) is 4.90 Å². The minimum absolute atomic E-state index is 0.415. The summed E-state index contributed by atoms with van der Waals surface area (Å²) >= 11 is 0. The summed E-state index contributed by atoms with van der Waals surface area (Å²) in [6.07, 6.45) is 1.61. The molecule has 1 aliphatic heterocycles. The van der Waals surface area contributed by atoms with Gasteiger partial charge in [-0.2, -0.15) is 5.26 Å². The van der Waals surface area contributed by atoms with Gasteiger partial charge in [0.15, 0.2) is 0 Å². The first kappa shape index (κ1) is 21.2. The van der Waals surface area contributed by atoms with Crippen LogP contribution in [-0.4, -0.2) is 18.0 Å². The monoisotopic (exact) mass is 428 g/mol. The Bertz CT molecular complexity index is 1110. The highest BCUT2D eigenvalue weighted by atomic mass is 15.2. The van der Waals surface area contributed by atoms with Gasteiger partial charge in [0.2, 0.25) is 0 Å². The molecule has 1 heterocycles. The zero-order chi connectivity index (χ0) is 22.6. The average molecular weight is 429 g/mol.